The van der Waals surface area contributed by atoms with Gasteiger partial charge in [0.15, 0.2) is 0 Å². The van der Waals surface area contributed by atoms with E-state index in [0.717, 1.165) is 29.7 Å². The van der Waals surface area contributed by atoms with Crippen LogP contribution in [0.5, 0.6) is 0 Å². The Bertz CT molecular complexity index is 1040. The lowest BCUT2D eigenvalue weighted by atomic mass is 9.93. The molecule has 0 radical (unpaired) electrons. The Labute approximate surface area is 178 Å². The molecular weight excluding hydrogens is 408 g/mol. The fraction of sp³-hybridized carbons (Fsp3) is 0.650. The molecule has 30 heavy (non-hydrogen) atoms. The van der Waals surface area contributed by atoms with E-state index in [-0.39, 0.29) is 17.3 Å². The van der Waals surface area contributed by atoms with Crippen LogP contribution in [0.2, 0.25) is 0 Å². The van der Waals surface area contributed by atoms with Crippen molar-refractivity contribution in [3.05, 3.63) is 31.3 Å². The van der Waals surface area contributed by atoms with E-state index in [2.05, 4.69) is 10.9 Å². The maximum atomic E-state index is 13.2. The molecular formula is C20H30N4O5S. The smallest absolute Gasteiger partial charge is 0.422 e. The van der Waals surface area contributed by atoms with Crippen LogP contribution in [0.4, 0.5) is 4.79 Å². The summed E-state index contributed by atoms with van der Waals surface area (Å²) < 4.78 is 13.4. The van der Waals surface area contributed by atoms with Gasteiger partial charge >= 0.3 is 11.8 Å². The van der Waals surface area contributed by atoms with Crippen molar-refractivity contribution in [1.29, 1.82) is 0 Å². The molecule has 1 amide bonds. The number of aromatic nitrogens is 2. The fourth-order valence-electron chi connectivity index (χ4n) is 3.43. The third-order valence-electron chi connectivity index (χ3n) is 5.14. The summed E-state index contributed by atoms with van der Waals surface area (Å²) in [6, 6.07) is -0.0297. The summed E-state index contributed by atoms with van der Waals surface area (Å²) in [6.07, 6.45) is 2.15. The lowest BCUT2D eigenvalue weighted by molar-refractivity contribution is 0.0497. The van der Waals surface area contributed by atoms with Crippen LogP contribution in [-0.2, 0) is 22.6 Å². The minimum Gasteiger partial charge on any atom is -0.443 e. The molecule has 0 unspecified atom stereocenters. The van der Waals surface area contributed by atoms with E-state index in [0.29, 0.717) is 29.9 Å². The maximum absolute atomic E-state index is 13.2. The van der Waals surface area contributed by atoms with Gasteiger partial charge in [-0.2, -0.15) is 0 Å². The van der Waals surface area contributed by atoms with Crippen LogP contribution in [0.1, 0.15) is 56.5 Å². The first-order valence-corrected chi connectivity index (χ1v) is 10.9. The Kier molecular flexibility index (Phi) is 6.68. The van der Waals surface area contributed by atoms with Crippen molar-refractivity contribution < 1.29 is 14.3 Å². The zero-order valence-corrected chi connectivity index (χ0v) is 19.0. The van der Waals surface area contributed by atoms with Gasteiger partial charge in [0.05, 0.1) is 18.5 Å². The molecule has 3 rings (SSSR count). The van der Waals surface area contributed by atoms with Gasteiger partial charge in [-0.05, 0) is 52.5 Å². The molecule has 0 aromatic carbocycles. The number of nitrogens with zero attached hydrogens (tertiary/aromatic N) is 2. The second-order valence-electron chi connectivity index (χ2n) is 8.50. The number of rotatable bonds is 7. The summed E-state index contributed by atoms with van der Waals surface area (Å²) >= 11 is 1.38. The molecule has 10 heteroatoms. The Morgan fingerprint density at radius 3 is 2.53 bits per heavy atom. The highest BCUT2D eigenvalue weighted by atomic mass is 32.1. The van der Waals surface area contributed by atoms with Crippen molar-refractivity contribution in [2.45, 2.75) is 71.7 Å². The predicted molar refractivity (Wildman–Crippen MR) is 116 cm³/mol. The van der Waals surface area contributed by atoms with Crippen molar-refractivity contribution in [3.63, 3.8) is 0 Å². The molecule has 1 saturated carbocycles. The van der Waals surface area contributed by atoms with Crippen molar-refractivity contribution in [1.82, 2.24) is 20.0 Å². The minimum atomic E-state index is -0.594. The number of amides is 1. The fourth-order valence-corrected chi connectivity index (χ4v) is 4.68. The molecule has 0 bridgehead atoms. The average molecular weight is 439 g/mol. The minimum absolute atomic E-state index is 0.0297. The molecule has 0 saturated heterocycles. The topological polar surface area (TPSA) is 104 Å². The molecule has 2 heterocycles. The zero-order chi connectivity index (χ0) is 22.1. The summed E-state index contributed by atoms with van der Waals surface area (Å²) in [5, 5.41) is 0.566. The Morgan fingerprint density at radius 2 is 1.97 bits per heavy atom. The highest BCUT2D eigenvalue weighted by molar-refractivity contribution is 7.18. The van der Waals surface area contributed by atoms with Gasteiger partial charge in [0, 0.05) is 24.6 Å². The Balaban J connectivity index is 1.93. The largest absolute Gasteiger partial charge is 0.443 e. The summed E-state index contributed by atoms with van der Waals surface area (Å²) in [5.74, 6) is 0. The number of hydrogen-bond acceptors (Lipinski definition) is 7. The predicted octanol–water partition coefficient (Wildman–Crippen LogP) is 2.43. The summed E-state index contributed by atoms with van der Waals surface area (Å²) in [4.78, 5) is 39.6. The van der Waals surface area contributed by atoms with E-state index in [1.54, 1.807) is 32.4 Å². The van der Waals surface area contributed by atoms with Crippen LogP contribution in [0.25, 0.3) is 10.2 Å². The average Bonchev–Trinajstić information content (AvgIpc) is 2.92. The number of carbonyl (C=O) groups excluding carboxylic acids is 1. The van der Waals surface area contributed by atoms with E-state index in [9.17, 15) is 14.4 Å². The number of ether oxygens (including phenoxy) is 2. The van der Waals surface area contributed by atoms with Gasteiger partial charge < -0.3 is 9.47 Å². The summed E-state index contributed by atoms with van der Waals surface area (Å²) in [6.45, 7) is 8.30. The highest BCUT2D eigenvalue weighted by Gasteiger charge is 2.27. The number of carbonyl (C=O) groups is 1. The number of fused-ring (bicyclic) bond motifs is 1. The SMILES string of the molecule is COCCn1c(=O)n(C2CCC2)c(=O)c2c(C)c(CNNC(=O)OC(C)(C)C)sc21. The Hall–Kier alpha value is -2.17. The summed E-state index contributed by atoms with van der Waals surface area (Å²) in [7, 11) is 1.58. The first-order chi connectivity index (χ1) is 14.1. The third-order valence-corrected chi connectivity index (χ3v) is 6.45. The second kappa shape index (κ2) is 8.91. The van der Waals surface area contributed by atoms with Gasteiger partial charge in [-0.25, -0.2) is 15.0 Å². The van der Waals surface area contributed by atoms with Crippen LogP contribution in [-0.4, -0.2) is 34.5 Å². The molecule has 2 aromatic rings. The number of methoxy groups -OCH3 is 1. The first kappa shape index (κ1) is 22.5. The molecule has 0 atom stereocenters. The summed E-state index contributed by atoms with van der Waals surface area (Å²) in [5.41, 5.74) is 5.07. The van der Waals surface area contributed by atoms with E-state index in [1.165, 1.54) is 15.9 Å². The number of hydrazine groups is 1. The quantitative estimate of drug-likeness (QED) is 0.644. The standard InChI is InChI=1S/C20H30N4O5S/c1-12-14(11-21-22-18(26)29-20(2,3)4)30-17-15(12)16(25)24(13-7-6-8-13)19(27)23(17)9-10-28-5/h13,21H,6-11H2,1-5H3,(H,22,26). The maximum Gasteiger partial charge on any atom is 0.422 e. The van der Waals surface area contributed by atoms with Crippen LogP contribution in [0.3, 0.4) is 0 Å². The molecule has 166 valence electrons. The zero-order valence-electron chi connectivity index (χ0n) is 18.2. The number of nitrogens with one attached hydrogen (secondary N) is 2. The molecule has 1 aliphatic rings. The molecule has 1 aliphatic carbocycles. The van der Waals surface area contributed by atoms with Gasteiger partial charge in [0.25, 0.3) is 5.56 Å². The van der Waals surface area contributed by atoms with Crippen molar-refractivity contribution in [3.8, 4) is 0 Å². The first-order valence-electron chi connectivity index (χ1n) is 10.1. The van der Waals surface area contributed by atoms with E-state index >= 15 is 0 Å². The second-order valence-corrected chi connectivity index (χ2v) is 9.58. The van der Waals surface area contributed by atoms with E-state index in [1.807, 2.05) is 6.92 Å². The van der Waals surface area contributed by atoms with Gasteiger partial charge in [-0.3, -0.25) is 19.4 Å². The molecule has 0 aliphatic heterocycles. The molecule has 9 nitrogen and oxygen atoms in total. The lowest BCUT2D eigenvalue weighted by Crippen LogP contribution is -2.44. The number of aryl methyl sites for hydroxylation is 1. The number of thiophene rings is 1. The van der Waals surface area contributed by atoms with E-state index < -0.39 is 11.7 Å². The van der Waals surface area contributed by atoms with Crippen molar-refractivity contribution in [2.75, 3.05) is 13.7 Å². The van der Waals surface area contributed by atoms with Gasteiger partial charge in [0.2, 0.25) is 0 Å². The third kappa shape index (κ3) is 4.60. The van der Waals surface area contributed by atoms with Gasteiger partial charge in [-0.15, -0.1) is 11.3 Å². The molecule has 2 N–H and O–H groups in total. The molecule has 2 aromatic heterocycles. The van der Waals surface area contributed by atoms with Gasteiger partial charge in [-0.1, -0.05) is 0 Å². The van der Waals surface area contributed by atoms with Gasteiger partial charge in [0.1, 0.15) is 10.4 Å². The normalized spacial score (nSPS) is 14.7. The highest BCUT2D eigenvalue weighted by Crippen LogP contribution is 2.32. The number of hydrogen-bond donors (Lipinski definition) is 2. The van der Waals surface area contributed by atoms with E-state index in [4.69, 9.17) is 9.47 Å². The molecule has 1 fully saturated rings. The van der Waals surface area contributed by atoms with Crippen LogP contribution in [0, 0.1) is 6.92 Å². The van der Waals surface area contributed by atoms with Crippen LogP contribution >= 0.6 is 11.3 Å². The van der Waals surface area contributed by atoms with Crippen LogP contribution < -0.4 is 22.1 Å². The lowest BCUT2D eigenvalue weighted by Gasteiger charge is -2.27. The van der Waals surface area contributed by atoms with Crippen molar-refractivity contribution >= 4 is 27.6 Å². The molecule has 0 spiro atoms. The monoisotopic (exact) mass is 438 g/mol. The Morgan fingerprint density at radius 1 is 1.27 bits per heavy atom. The van der Waals surface area contributed by atoms with Crippen molar-refractivity contribution in [2.24, 2.45) is 0 Å². The van der Waals surface area contributed by atoms with Crippen LogP contribution in [0.15, 0.2) is 9.59 Å².